The van der Waals surface area contributed by atoms with E-state index in [1.165, 1.54) is 0 Å². The molecule has 7 heteroatoms. The average molecular weight is 423 g/mol. The molecule has 30 heavy (non-hydrogen) atoms. The molecule has 1 amide bonds. The van der Waals surface area contributed by atoms with E-state index in [1.807, 2.05) is 53.4 Å². The molecule has 0 aliphatic carbocycles. The van der Waals surface area contributed by atoms with E-state index in [2.05, 4.69) is 21.8 Å². The monoisotopic (exact) mass is 422 g/mol. The first-order chi connectivity index (χ1) is 14.5. The molecule has 1 saturated heterocycles. The fraction of sp³-hybridized carbons (Fsp3) is 0.348. The van der Waals surface area contributed by atoms with Gasteiger partial charge in [-0.05, 0) is 50.2 Å². The third-order valence-electron chi connectivity index (χ3n) is 5.52. The Hall–Kier alpha value is -2.80. The quantitative estimate of drug-likeness (QED) is 0.610. The Morgan fingerprint density at radius 2 is 1.77 bits per heavy atom. The molecule has 156 valence electrons. The van der Waals surface area contributed by atoms with Crippen molar-refractivity contribution in [3.63, 3.8) is 0 Å². The van der Waals surface area contributed by atoms with Gasteiger partial charge in [0.25, 0.3) is 0 Å². The third kappa shape index (κ3) is 4.51. The van der Waals surface area contributed by atoms with Gasteiger partial charge in [-0.25, -0.2) is 4.98 Å². The number of ketones is 1. The predicted octanol–water partition coefficient (Wildman–Crippen LogP) is 3.91. The minimum absolute atomic E-state index is 0.0753. The van der Waals surface area contributed by atoms with Crippen LogP contribution in [0.1, 0.15) is 35.3 Å². The maximum absolute atomic E-state index is 12.7. The molecular formula is C23H26N4O2S. The number of nitrogens with zero attached hydrogens (tertiary/aromatic N) is 3. The summed E-state index contributed by atoms with van der Waals surface area (Å²) in [4.78, 5) is 36.3. The topological polar surface area (TPSA) is 69.3 Å². The van der Waals surface area contributed by atoms with Crippen LogP contribution in [0.2, 0.25) is 0 Å². The molecule has 0 saturated carbocycles. The summed E-state index contributed by atoms with van der Waals surface area (Å²) in [6.45, 7) is 6.69. The Morgan fingerprint density at radius 3 is 2.43 bits per heavy atom. The number of H-pyrrole nitrogens is 1. The van der Waals surface area contributed by atoms with Crippen molar-refractivity contribution < 1.29 is 9.59 Å². The van der Waals surface area contributed by atoms with Crippen LogP contribution >= 0.6 is 11.8 Å². The number of piperazine rings is 1. The molecule has 0 spiro atoms. The summed E-state index contributed by atoms with van der Waals surface area (Å²) in [7, 11) is 0. The summed E-state index contributed by atoms with van der Waals surface area (Å²) in [5, 5.41) is 0.127. The molecule has 2 aromatic carbocycles. The molecule has 4 rings (SSSR count). The average Bonchev–Trinajstić information content (AvgIpc) is 3.22. The van der Waals surface area contributed by atoms with E-state index in [0.717, 1.165) is 41.2 Å². The number of fused-ring (bicyclic) bond motifs is 1. The standard InChI is InChI=1S/C23H26N4O2S/c1-16(28)18-7-9-19(10-8-18)26-11-13-27(14-12-26)22(29)15-30-17(2)23-24-20-5-3-4-6-21(20)25-23/h3-10,17H,11-15H2,1-2H3,(H,24,25)/t17-/m1/s1. The van der Waals surface area contributed by atoms with Gasteiger partial charge in [0.1, 0.15) is 5.82 Å². The summed E-state index contributed by atoms with van der Waals surface area (Å²) >= 11 is 1.62. The van der Waals surface area contributed by atoms with Gasteiger partial charge in [-0.15, -0.1) is 11.8 Å². The number of carbonyl (C=O) groups is 2. The number of carbonyl (C=O) groups excluding carboxylic acids is 2. The van der Waals surface area contributed by atoms with Crippen molar-refractivity contribution in [2.45, 2.75) is 19.1 Å². The lowest BCUT2D eigenvalue weighted by Gasteiger charge is -2.36. The van der Waals surface area contributed by atoms with Gasteiger partial charge in [-0.2, -0.15) is 0 Å². The van der Waals surface area contributed by atoms with Crippen molar-refractivity contribution in [2.24, 2.45) is 0 Å². The van der Waals surface area contributed by atoms with Gasteiger partial charge < -0.3 is 14.8 Å². The van der Waals surface area contributed by atoms with E-state index in [1.54, 1.807) is 18.7 Å². The Balaban J connectivity index is 1.27. The second-order valence-corrected chi connectivity index (χ2v) is 8.89. The molecule has 0 unspecified atom stereocenters. The SMILES string of the molecule is CC(=O)c1ccc(N2CCN(C(=O)CS[C@H](C)c3nc4ccccc4[nH]3)CC2)cc1. The Kier molecular flexibility index (Phi) is 6.08. The number of Topliss-reactive ketones (excluding diaryl/α,β-unsaturated/α-hetero) is 1. The predicted molar refractivity (Wildman–Crippen MR) is 122 cm³/mol. The highest BCUT2D eigenvalue weighted by Crippen LogP contribution is 2.28. The first-order valence-electron chi connectivity index (χ1n) is 10.2. The van der Waals surface area contributed by atoms with Crippen LogP contribution in [-0.2, 0) is 4.79 Å². The van der Waals surface area contributed by atoms with E-state index in [4.69, 9.17) is 0 Å². The van der Waals surface area contributed by atoms with Crippen LogP contribution < -0.4 is 4.90 Å². The molecule has 0 radical (unpaired) electrons. The van der Waals surface area contributed by atoms with Gasteiger partial charge >= 0.3 is 0 Å². The smallest absolute Gasteiger partial charge is 0.232 e. The van der Waals surface area contributed by atoms with Crippen molar-refractivity contribution in [3.8, 4) is 0 Å². The first kappa shape index (κ1) is 20.5. The Labute approximate surface area is 180 Å². The van der Waals surface area contributed by atoms with Crippen molar-refractivity contribution in [1.29, 1.82) is 0 Å². The third-order valence-corrected chi connectivity index (χ3v) is 6.66. The van der Waals surface area contributed by atoms with Crippen LogP contribution in [0.5, 0.6) is 0 Å². The van der Waals surface area contributed by atoms with Crippen LogP contribution in [0.4, 0.5) is 5.69 Å². The van der Waals surface area contributed by atoms with Gasteiger partial charge in [0.15, 0.2) is 5.78 Å². The fourth-order valence-electron chi connectivity index (χ4n) is 3.65. The minimum atomic E-state index is 0.0753. The van der Waals surface area contributed by atoms with Crippen molar-refractivity contribution in [2.75, 3.05) is 36.8 Å². The number of benzene rings is 2. The number of anilines is 1. The molecule has 1 N–H and O–H groups in total. The van der Waals surface area contributed by atoms with E-state index in [0.29, 0.717) is 18.8 Å². The number of aromatic amines is 1. The summed E-state index contributed by atoms with van der Waals surface area (Å²) in [6, 6.07) is 15.7. The summed E-state index contributed by atoms with van der Waals surface area (Å²) in [5.41, 5.74) is 3.81. The summed E-state index contributed by atoms with van der Waals surface area (Å²) < 4.78 is 0. The van der Waals surface area contributed by atoms with Gasteiger partial charge in [0.05, 0.1) is 22.0 Å². The number of amides is 1. The number of aromatic nitrogens is 2. The number of rotatable bonds is 6. The summed E-state index contributed by atoms with van der Waals surface area (Å²) in [5.74, 6) is 1.61. The zero-order valence-electron chi connectivity index (χ0n) is 17.3. The molecule has 1 fully saturated rings. The molecule has 1 aliphatic rings. The van der Waals surface area contributed by atoms with E-state index in [9.17, 15) is 9.59 Å². The number of hydrogen-bond acceptors (Lipinski definition) is 5. The van der Waals surface area contributed by atoms with Crippen LogP contribution in [0.25, 0.3) is 11.0 Å². The number of nitrogens with one attached hydrogen (secondary N) is 1. The molecule has 1 atom stereocenters. The largest absolute Gasteiger partial charge is 0.368 e. The molecule has 2 heterocycles. The van der Waals surface area contributed by atoms with Gasteiger partial charge in [-0.3, -0.25) is 9.59 Å². The highest BCUT2D eigenvalue weighted by Gasteiger charge is 2.22. The summed E-state index contributed by atoms with van der Waals surface area (Å²) in [6.07, 6.45) is 0. The molecule has 1 aliphatic heterocycles. The van der Waals surface area contributed by atoms with Gasteiger partial charge in [-0.1, -0.05) is 12.1 Å². The lowest BCUT2D eigenvalue weighted by atomic mass is 10.1. The van der Waals surface area contributed by atoms with E-state index >= 15 is 0 Å². The number of thioether (sulfide) groups is 1. The zero-order chi connectivity index (χ0) is 21.1. The van der Waals surface area contributed by atoms with Crippen LogP contribution in [0.3, 0.4) is 0 Å². The highest BCUT2D eigenvalue weighted by molar-refractivity contribution is 8.00. The van der Waals surface area contributed by atoms with Gasteiger partial charge in [0, 0.05) is 37.4 Å². The fourth-order valence-corrected chi connectivity index (χ4v) is 4.50. The van der Waals surface area contributed by atoms with Crippen molar-refractivity contribution in [3.05, 3.63) is 59.9 Å². The van der Waals surface area contributed by atoms with E-state index in [-0.39, 0.29) is 16.9 Å². The second-order valence-electron chi connectivity index (χ2n) is 7.56. The highest BCUT2D eigenvalue weighted by atomic mass is 32.2. The van der Waals surface area contributed by atoms with Crippen LogP contribution in [-0.4, -0.2) is 58.5 Å². The molecule has 6 nitrogen and oxygen atoms in total. The van der Waals surface area contributed by atoms with Crippen molar-refractivity contribution >= 4 is 40.2 Å². The Bertz CT molecular complexity index is 1010. The molecular weight excluding hydrogens is 396 g/mol. The minimum Gasteiger partial charge on any atom is -0.368 e. The van der Waals surface area contributed by atoms with Crippen molar-refractivity contribution in [1.82, 2.24) is 14.9 Å². The normalized spacial score (nSPS) is 15.4. The zero-order valence-corrected chi connectivity index (χ0v) is 18.1. The lowest BCUT2D eigenvalue weighted by molar-refractivity contribution is -0.128. The number of hydrogen-bond donors (Lipinski definition) is 1. The second kappa shape index (κ2) is 8.92. The Morgan fingerprint density at radius 1 is 1.07 bits per heavy atom. The molecule has 0 bridgehead atoms. The maximum Gasteiger partial charge on any atom is 0.232 e. The number of para-hydroxylation sites is 2. The van der Waals surface area contributed by atoms with Gasteiger partial charge in [0.2, 0.25) is 5.91 Å². The number of imidazole rings is 1. The first-order valence-corrected chi connectivity index (χ1v) is 11.3. The maximum atomic E-state index is 12.7. The van der Waals surface area contributed by atoms with E-state index < -0.39 is 0 Å². The van der Waals surface area contributed by atoms with Crippen LogP contribution in [0.15, 0.2) is 48.5 Å². The molecule has 3 aromatic rings. The molecule has 1 aromatic heterocycles. The lowest BCUT2D eigenvalue weighted by Crippen LogP contribution is -2.49. The van der Waals surface area contributed by atoms with Crippen LogP contribution in [0, 0.1) is 0 Å².